The first-order chi connectivity index (χ1) is 10.3. The maximum atomic E-state index is 13.0. The van der Waals surface area contributed by atoms with Crippen molar-refractivity contribution in [2.24, 2.45) is 5.92 Å². The van der Waals surface area contributed by atoms with E-state index >= 15 is 0 Å². The summed E-state index contributed by atoms with van der Waals surface area (Å²) in [4.78, 5) is 7.93. The van der Waals surface area contributed by atoms with Gasteiger partial charge in [-0.15, -0.1) is 0 Å². The molecule has 0 saturated heterocycles. The highest BCUT2D eigenvalue weighted by Crippen LogP contribution is 2.23. The average molecular weight is 323 g/mol. The average Bonchev–Trinajstić information content (AvgIpc) is 2.45. The Morgan fingerprint density at radius 2 is 1.95 bits per heavy atom. The monoisotopic (exact) mass is 323 g/mol. The summed E-state index contributed by atoms with van der Waals surface area (Å²) in [5, 5.41) is 0. The number of aromatic nitrogens is 2. The Hall–Kier alpha value is -2.02. The highest BCUT2D eigenvalue weighted by Gasteiger charge is 2.27. The van der Waals surface area contributed by atoms with Crippen molar-refractivity contribution in [3.05, 3.63) is 48.2 Å². The van der Waals surface area contributed by atoms with Crippen LogP contribution in [-0.2, 0) is 10.0 Å². The third-order valence-corrected chi connectivity index (χ3v) is 4.67. The minimum atomic E-state index is -3.80. The molecule has 118 valence electrons. The van der Waals surface area contributed by atoms with Gasteiger partial charge in [0.15, 0.2) is 0 Å². The van der Waals surface area contributed by atoms with Crippen LogP contribution in [0.3, 0.4) is 0 Å². The molecule has 2 aromatic heterocycles. The molecule has 2 rings (SSSR count). The molecule has 22 heavy (non-hydrogen) atoms. The molecule has 5 nitrogen and oxygen atoms in total. The van der Waals surface area contributed by atoms with Crippen molar-refractivity contribution in [3.63, 3.8) is 0 Å². The molecule has 0 aliphatic rings. The molecule has 0 unspecified atom stereocenters. The summed E-state index contributed by atoms with van der Waals surface area (Å²) in [5.74, 6) is -0.237. The molecule has 0 aliphatic heterocycles. The smallest absolute Gasteiger partial charge is 0.263 e. The van der Waals surface area contributed by atoms with E-state index in [1.807, 2.05) is 13.8 Å². The summed E-state index contributed by atoms with van der Waals surface area (Å²) < 4.78 is 39.9. The van der Waals surface area contributed by atoms with E-state index in [4.69, 9.17) is 0 Å². The topological polar surface area (TPSA) is 63.2 Å². The SMILES string of the molecule is Cc1cncc(S(=O)(=O)N(CC(C)C)c2ccc(F)cn2)c1. The van der Waals surface area contributed by atoms with E-state index < -0.39 is 15.8 Å². The molecule has 0 N–H and O–H groups in total. The molecule has 0 amide bonds. The van der Waals surface area contributed by atoms with Crippen molar-refractivity contribution in [1.82, 2.24) is 9.97 Å². The Labute approximate surface area is 129 Å². The maximum Gasteiger partial charge on any atom is 0.267 e. The van der Waals surface area contributed by atoms with Crippen molar-refractivity contribution in [2.75, 3.05) is 10.8 Å². The van der Waals surface area contributed by atoms with Crippen molar-refractivity contribution >= 4 is 15.8 Å². The number of halogens is 1. The fourth-order valence-electron chi connectivity index (χ4n) is 1.96. The Balaban J connectivity index is 2.50. The number of pyridine rings is 2. The standard InChI is InChI=1S/C15H18FN3O2S/c1-11(2)10-19(15-5-4-13(16)8-18-15)22(20,21)14-6-12(3)7-17-9-14/h4-9,11H,10H2,1-3H3. The number of rotatable bonds is 5. The van der Waals surface area contributed by atoms with E-state index in [1.165, 1.54) is 22.6 Å². The van der Waals surface area contributed by atoms with Crippen LogP contribution in [0.15, 0.2) is 41.7 Å². The Morgan fingerprint density at radius 1 is 1.23 bits per heavy atom. The third-order valence-electron chi connectivity index (χ3n) is 2.94. The van der Waals surface area contributed by atoms with Crippen LogP contribution >= 0.6 is 0 Å². The first kappa shape index (κ1) is 16.4. The van der Waals surface area contributed by atoms with Gasteiger partial charge in [-0.3, -0.25) is 4.98 Å². The Bertz CT molecular complexity index is 746. The number of nitrogens with zero attached hydrogens (tertiary/aromatic N) is 3. The highest BCUT2D eigenvalue weighted by atomic mass is 32.2. The van der Waals surface area contributed by atoms with E-state index in [-0.39, 0.29) is 23.2 Å². The minimum absolute atomic E-state index is 0.0828. The molecule has 0 saturated carbocycles. The minimum Gasteiger partial charge on any atom is -0.263 e. The molecule has 7 heteroatoms. The van der Waals surface area contributed by atoms with Crippen LogP contribution in [-0.4, -0.2) is 24.9 Å². The normalized spacial score (nSPS) is 11.7. The fraction of sp³-hybridized carbons (Fsp3) is 0.333. The van der Waals surface area contributed by atoms with Crippen LogP contribution in [0.25, 0.3) is 0 Å². The van der Waals surface area contributed by atoms with Crippen LogP contribution in [0.2, 0.25) is 0 Å². The van der Waals surface area contributed by atoms with Gasteiger partial charge in [-0.2, -0.15) is 0 Å². The lowest BCUT2D eigenvalue weighted by molar-refractivity contribution is 0.575. The lowest BCUT2D eigenvalue weighted by Crippen LogP contribution is -2.35. The van der Waals surface area contributed by atoms with Gasteiger partial charge in [-0.1, -0.05) is 13.8 Å². The summed E-state index contributed by atoms with van der Waals surface area (Å²) in [5.41, 5.74) is 0.748. The van der Waals surface area contributed by atoms with Crippen molar-refractivity contribution in [3.8, 4) is 0 Å². The third kappa shape index (κ3) is 3.59. The number of hydrogen-bond donors (Lipinski definition) is 0. The number of aryl methyl sites for hydroxylation is 1. The van der Waals surface area contributed by atoms with Gasteiger partial charge in [0.1, 0.15) is 16.5 Å². The first-order valence-corrected chi connectivity index (χ1v) is 8.30. The lowest BCUT2D eigenvalue weighted by Gasteiger charge is -2.25. The molecule has 0 aromatic carbocycles. The maximum absolute atomic E-state index is 13.0. The Kier molecular flexibility index (Phi) is 4.75. The Morgan fingerprint density at radius 3 is 2.50 bits per heavy atom. The number of anilines is 1. The van der Waals surface area contributed by atoms with Gasteiger partial charge in [0.2, 0.25) is 0 Å². The second-order valence-electron chi connectivity index (χ2n) is 5.46. The first-order valence-electron chi connectivity index (χ1n) is 6.86. The summed E-state index contributed by atoms with van der Waals surface area (Å²) >= 11 is 0. The molecular weight excluding hydrogens is 305 g/mol. The van der Waals surface area contributed by atoms with Crippen LogP contribution in [0.4, 0.5) is 10.2 Å². The van der Waals surface area contributed by atoms with E-state index in [0.717, 1.165) is 11.8 Å². The van der Waals surface area contributed by atoms with Crippen LogP contribution < -0.4 is 4.31 Å². The van der Waals surface area contributed by atoms with Gasteiger partial charge >= 0.3 is 0 Å². The highest BCUT2D eigenvalue weighted by molar-refractivity contribution is 7.92. The molecule has 0 fully saturated rings. The van der Waals surface area contributed by atoms with E-state index in [2.05, 4.69) is 9.97 Å². The molecular formula is C15H18FN3O2S. The largest absolute Gasteiger partial charge is 0.267 e. The summed E-state index contributed by atoms with van der Waals surface area (Å²) in [6, 6.07) is 4.11. The van der Waals surface area contributed by atoms with Gasteiger partial charge in [0.25, 0.3) is 10.0 Å². The van der Waals surface area contributed by atoms with Crippen LogP contribution in [0.5, 0.6) is 0 Å². The van der Waals surface area contributed by atoms with E-state index in [1.54, 1.807) is 19.2 Å². The van der Waals surface area contributed by atoms with E-state index in [0.29, 0.717) is 0 Å². The summed E-state index contributed by atoms with van der Waals surface area (Å²) in [6.45, 7) is 5.82. The zero-order valence-corrected chi connectivity index (χ0v) is 13.5. The predicted molar refractivity (Wildman–Crippen MR) is 82.5 cm³/mol. The zero-order chi connectivity index (χ0) is 16.3. The van der Waals surface area contributed by atoms with Gasteiger partial charge in [-0.05, 0) is 36.6 Å². The number of hydrogen-bond acceptors (Lipinski definition) is 4. The second kappa shape index (κ2) is 6.39. The van der Waals surface area contributed by atoms with Gasteiger partial charge in [0.05, 0.1) is 6.20 Å². The fourth-order valence-corrected chi connectivity index (χ4v) is 3.59. The van der Waals surface area contributed by atoms with Gasteiger partial charge in [0, 0.05) is 18.9 Å². The number of sulfonamides is 1. The van der Waals surface area contributed by atoms with Gasteiger partial charge < -0.3 is 0 Å². The van der Waals surface area contributed by atoms with Crippen molar-refractivity contribution in [1.29, 1.82) is 0 Å². The van der Waals surface area contributed by atoms with E-state index in [9.17, 15) is 12.8 Å². The van der Waals surface area contributed by atoms with Crippen molar-refractivity contribution < 1.29 is 12.8 Å². The molecule has 0 spiro atoms. The zero-order valence-electron chi connectivity index (χ0n) is 12.7. The second-order valence-corrected chi connectivity index (χ2v) is 7.32. The molecule has 0 bridgehead atoms. The molecule has 0 aliphatic carbocycles. The summed E-state index contributed by atoms with van der Waals surface area (Å²) in [6.07, 6.45) is 3.90. The van der Waals surface area contributed by atoms with Crippen molar-refractivity contribution in [2.45, 2.75) is 25.7 Å². The van der Waals surface area contributed by atoms with Crippen LogP contribution in [0.1, 0.15) is 19.4 Å². The molecule has 2 aromatic rings. The van der Waals surface area contributed by atoms with Gasteiger partial charge in [-0.25, -0.2) is 22.1 Å². The molecule has 0 atom stereocenters. The molecule has 0 radical (unpaired) electrons. The lowest BCUT2D eigenvalue weighted by atomic mass is 10.2. The molecule has 2 heterocycles. The quantitative estimate of drug-likeness (QED) is 0.849. The summed E-state index contributed by atoms with van der Waals surface area (Å²) in [7, 11) is -3.80. The van der Waals surface area contributed by atoms with Crippen LogP contribution in [0, 0.1) is 18.7 Å². The predicted octanol–water partition coefficient (Wildman–Crippen LogP) is 2.78.